The van der Waals surface area contributed by atoms with Crippen molar-refractivity contribution >= 4 is 5.82 Å². The molecule has 0 saturated heterocycles. The normalized spacial score (nSPS) is 11.8. The molecule has 18 heavy (non-hydrogen) atoms. The molecule has 0 unspecified atom stereocenters. The Kier molecular flexibility index (Phi) is 3.16. The smallest absolute Gasteiger partial charge is 0.129 e. The van der Waals surface area contributed by atoms with E-state index in [2.05, 4.69) is 38.0 Å². The lowest BCUT2D eigenvalue weighted by atomic mass is 9.88. The van der Waals surface area contributed by atoms with Crippen molar-refractivity contribution in [3.63, 3.8) is 0 Å². The molecule has 2 aromatic rings. The Morgan fingerprint density at radius 2 is 1.78 bits per heavy atom. The number of benzene rings is 1. The molecular weight excluding hydrogens is 222 g/mol. The fraction of sp³-hybridized carbons (Fsp3) is 0.400. The van der Waals surface area contributed by atoms with Gasteiger partial charge in [-0.1, -0.05) is 51.1 Å². The summed E-state index contributed by atoms with van der Waals surface area (Å²) in [5, 5.41) is 4.56. The van der Waals surface area contributed by atoms with Crippen LogP contribution in [0.3, 0.4) is 0 Å². The third kappa shape index (κ3) is 2.55. The molecule has 0 bridgehead atoms. The molecule has 3 nitrogen and oxygen atoms in total. The quantitative estimate of drug-likeness (QED) is 0.879. The maximum atomic E-state index is 6.15. The molecule has 1 aromatic heterocycles. The molecule has 0 spiro atoms. The van der Waals surface area contributed by atoms with Gasteiger partial charge >= 0.3 is 0 Å². The molecule has 3 heteroatoms. The Balaban J connectivity index is 2.52. The molecule has 0 aliphatic rings. The number of anilines is 1. The van der Waals surface area contributed by atoms with Crippen LogP contribution >= 0.6 is 0 Å². The monoisotopic (exact) mass is 243 g/mol. The van der Waals surface area contributed by atoms with E-state index in [9.17, 15) is 0 Å². The summed E-state index contributed by atoms with van der Waals surface area (Å²) in [6, 6.07) is 10.2. The van der Waals surface area contributed by atoms with Crippen molar-refractivity contribution in [1.29, 1.82) is 0 Å². The number of aromatic nitrogens is 2. The van der Waals surface area contributed by atoms with Crippen LogP contribution in [0.5, 0.6) is 0 Å². The van der Waals surface area contributed by atoms with Gasteiger partial charge < -0.3 is 5.73 Å². The predicted octanol–water partition coefficient (Wildman–Crippen LogP) is 3.26. The van der Waals surface area contributed by atoms with Gasteiger partial charge in [-0.25, -0.2) is 0 Å². The lowest BCUT2D eigenvalue weighted by Crippen LogP contribution is -2.10. The SMILES string of the molecule is Cn1nc(CC(C)(C)C)c(-c2ccccc2)c1N. The van der Waals surface area contributed by atoms with E-state index in [1.54, 1.807) is 4.68 Å². The zero-order valence-corrected chi connectivity index (χ0v) is 11.6. The van der Waals surface area contributed by atoms with Crippen molar-refractivity contribution in [1.82, 2.24) is 9.78 Å². The van der Waals surface area contributed by atoms with Gasteiger partial charge in [0.05, 0.1) is 5.69 Å². The van der Waals surface area contributed by atoms with Gasteiger partial charge in [0, 0.05) is 12.6 Å². The van der Waals surface area contributed by atoms with Crippen LogP contribution in [0.1, 0.15) is 26.5 Å². The van der Waals surface area contributed by atoms with E-state index in [-0.39, 0.29) is 5.41 Å². The van der Waals surface area contributed by atoms with Crippen LogP contribution in [0.25, 0.3) is 11.1 Å². The summed E-state index contributed by atoms with van der Waals surface area (Å²) in [5.41, 5.74) is 9.65. The van der Waals surface area contributed by atoms with Crippen LogP contribution in [0, 0.1) is 5.41 Å². The first-order valence-corrected chi connectivity index (χ1v) is 6.25. The van der Waals surface area contributed by atoms with Gasteiger partial charge in [-0.3, -0.25) is 4.68 Å². The van der Waals surface area contributed by atoms with Crippen molar-refractivity contribution in [3.05, 3.63) is 36.0 Å². The maximum Gasteiger partial charge on any atom is 0.129 e. The number of rotatable bonds is 2. The molecule has 96 valence electrons. The highest BCUT2D eigenvalue weighted by atomic mass is 15.3. The van der Waals surface area contributed by atoms with Crippen molar-refractivity contribution in [3.8, 4) is 11.1 Å². The first-order chi connectivity index (χ1) is 8.38. The fourth-order valence-corrected chi connectivity index (χ4v) is 2.14. The summed E-state index contributed by atoms with van der Waals surface area (Å²) in [6.07, 6.45) is 0.919. The molecule has 1 heterocycles. The molecule has 0 saturated carbocycles. The Bertz CT molecular complexity index is 533. The van der Waals surface area contributed by atoms with Crippen LogP contribution in [-0.4, -0.2) is 9.78 Å². The third-order valence-electron chi connectivity index (χ3n) is 2.92. The summed E-state index contributed by atoms with van der Waals surface area (Å²) < 4.78 is 1.77. The predicted molar refractivity (Wildman–Crippen MR) is 76.2 cm³/mol. The van der Waals surface area contributed by atoms with Gasteiger partial charge in [-0.2, -0.15) is 5.10 Å². The summed E-state index contributed by atoms with van der Waals surface area (Å²) in [5.74, 6) is 0.737. The second-order valence-electron chi connectivity index (χ2n) is 5.93. The van der Waals surface area contributed by atoms with Gasteiger partial charge in [0.25, 0.3) is 0 Å². The minimum Gasteiger partial charge on any atom is -0.383 e. The Hall–Kier alpha value is -1.77. The zero-order chi connectivity index (χ0) is 13.3. The largest absolute Gasteiger partial charge is 0.383 e. The van der Waals surface area contributed by atoms with Gasteiger partial charge in [0.2, 0.25) is 0 Å². The third-order valence-corrected chi connectivity index (χ3v) is 2.92. The second-order valence-corrected chi connectivity index (χ2v) is 5.93. The van der Waals surface area contributed by atoms with E-state index in [1.807, 2.05) is 25.2 Å². The standard InChI is InChI=1S/C15H21N3/c1-15(2,3)10-12-13(14(16)18(4)17-12)11-8-6-5-7-9-11/h5-9H,10,16H2,1-4H3. The minimum atomic E-state index is 0.199. The number of nitrogen functional groups attached to an aromatic ring is 1. The highest BCUT2D eigenvalue weighted by Gasteiger charge is 2.20. The Morgan fingerprint density at radius 3 is 2.33 bits per heavy atom. The molecule has 0 amide bonds. The average molecular weight is 243 g/mol. The van der Waals surface area contributed by atoms with E-state index < -0.39 is 0 Å². The number of nitrogens with two attached hydrogens (primary N) is 1. The minimum absolute atomic E-state index is 0.199. The molecule has 0 atom stereocenters. The molecule has 0 aliphatic carbocycles. The molecule has 2 N–H and O–H groups in total. The number of nitrogens with zero attached hydrogens (tertiary/aromatic N) is 2. The van der Waals surface area contributed by atoms with E-state index in [0.29, 0.717) is 0 Å². The lowest BCUT2D eigenvalue weighted by Gasteiger charge is -2.17. The van der Waals surface area contributed by atoms with Crippen LogP contribution in [0.4, 0.5) is 5.82 Å². The van der Waals surface area contributed by atoms with Crippen molar-refractivity contribution < 1.29 is 0 Å². The van der Waals surface area contributed by atoms with E-state index in [0.717, 1.165) is 29.1 Å². The topological polar surface area (TPSA) is 43.8 Å². The fourth-order valence-electron chi connectivity index (χ4n) is 2.14. The number of aryl methyl sites for hydroxylation is 1. The molecule has 0 fully saturated rings. The van der Waals surface area contributed by atoms with Crippen molar-refractivity contribution in [2.45, 2.75) is 27.2 Å². The highest BCUT2D eigenvalue weighted by Crippen LogP contribution is 2.32. The van der Waals surface area contributed by atoms with Crippen LogP contribution < -0.4 is 5.73 Å². The summed E-state index contributed by atoms with van der Waals surface area (Å²) >= 11 is 0. The van der Waals surface area contributed by atoms with Crippen LogP contribution in [-0.2, 0) is 13.5 Å². The summed E-state index contributed by atoms with van der Waals surface area (Å²) in [6.45, 7) is 6.64. The van der Waals surface area contributed by atoms with Gasteiger partial charge in [-0.05, 0) is 17.4 Å². The Morgan fingerprint density at radius 1 is 1.17 bits per heavy atom. The van der Waals surface area contributed by atoms with E-state index >= 15 is 0 Å². The first-order valence-electron chi connectivity index (χ1n) is 6.25. The maximum absolute atomic E-state index is 6.15. The highest BCUT2D eigenvalue weighted by molar-refractivity contribution is 5.76. The summed E-state index contributed by atoms with van der Waals surface area (Å²) in [7, 11) is 1.90. The average Bonchev–Trinajstić information content (AvgIpc) is 2.53. The lowest BCUT2D eigenvalue weighted by molar-refractivity contribution is 0.405. The van der Waals surface area contributed by atoms with Crippen molar-refractivity contribution in [2.24, 2.45) is 12.5 Å². The zero-order valence-electron chi connectivity index (χ0n) is 11.6. The van der Waals surface area contributed by atoms with Gasteiger partial charge in [0.15, 0.2) is 0 Å². The van der Waals surface area contributed by atoms with E-state index in [1.165, 1.54) is 0 Å². The second kappa shape index (κ2) is 4.48. The molecule has 1 aromatic carbocycles. The Labute approximate surface area is 109 Å². The summed E-state index contributed by atoms with van der Waals surface area (Å²) in [4.78, 5) is 0. The molecule has 0 aliphatic heterocycles. The van der Waals surface area contributed by atoms with Gasteiger partial charge in [-0.15, -0.1) is 0 Å². The van der Waals surface area contributed by atoms with Crippen LogP contribution in [0.2, 0.25) is 0 Å². The first kappa shape index (κ1) is 12.7. The number of hydrogen-bond donors (Lipinski definition) is 1. The molecular formula is C15H21N3. The van der Waals surface area contributed by atoms with Crippen LogP contribution in [0.15, 0.2) is 30.3 Å². The van der Waals surface area contributed by atoms with Gasteiger partial charge in [0.1, 0.15) is 5.82 Å². The number of hydrogen-bond acceptors (Lipinski definition) is 2. The molecule has 0 radical (unpaired) electrons. The van der Waals surface area contributed by atoms with Crippen molar-refractivity contribution in [2.75, 3.05) is 5.73 Å². The van der Waals surface area contributed by atoms with E-state index in [4.69, 9.17) is 5.73 Å². The molecule has 2 rings (SSSR count).